The number of hydrogen-bond donors (Lipinski definition) is 1. The molecule has 1 atom stereocenters. The minimum absolute atomic E-state index is 2.59. The Labute approximate surface area is 92.1 Å². The highest BCUT2D eigenvalue weighted by molar-refractivity contribution is 5.76. The maximum absolute atomic E-state index is 12.7. The molecule has 3 nitrogen and oxygen atoms in total. The predicted octanol–water partition coefficient (Wildman–Crippen LogP) is 2.51. The first-order valence-electron chi connectivity index (χ1n) is 3.72. The van der Waals surface area contributed by atoms with Crippen LogP contribution in [0.2, 0.25) is 0 Å². The number of rotatable bonds is 4. The van der Waals surface area contributed by atoms with Crippen LogP contribution in [-0.4, -0.2) is 41.8 Å². The summed E-state index contributed by atoms with van der Waals surface area (Å²) in [5.74, 6) is -14.9. The van der Waals surface area contributed by atoms with Crippen molar-refractivity contribution in [1.29, 1.82) is 0 Å². The van der Waals surface area contributed by atoms with Crippen LogP contribution < -0.4 is 0 Å². The molecule has 0 rings (SSSR count). The van der Waals surface area contributed by atoms with Crippen molar-refractivity contribution in [3.05, 3.63) is 0 Å². The lowest BCUT2D eigenvalue weighted by Crippen LogP contribution is -2.53. The Bertz CT molecular complexity index is 319. The molecule has 1 N–H and O–H groups in total. The molecule has 108 valence electrons. The Balaban J connectivity index is 5.04. The van der Waals surface area contributed by atoms with Gasteiger partial charge in [-0.3, -0.25) is 0 Å². The molecule has 0 saturated carbocycles. The van der Waals surface area contributed by atoms with Crippen LogP contribution in [0.5, 0.6) is 0 Å². The number of carboxylic acid groups (broad SMARTS) is 1. The molecule has 0 aromatic rings. The van der Waals surface area contributed by atoms with Gasteiger partial charge in [0.1, 0.15) is 6.61 Å². The summed E-state index contributed by atoms with van der Waals surface area (Å²) in [5, 5.41) is 7.82. The van der Waals surface area contributed by atoms with Gasteiger partial charge in [-0.1, -0.05) is 0 Å². The van der Waals surface area contributed by atoms with Crippen molar-refractivity contribution in [2.24, 2.45) is 0 Å². The number of alkyl halides is 9. The molecule has 0 aliphatic carbocycles. The Kier molecular flexibility index (Phi) is 4.18. The SMILES string of the molecule is O=C(O)C(F)(OCC(F)(F)C(F)(F)F)C(F)(F)F. The molecule has 0 aromatic carbocycles. The van der Waals surface area contributed by atoms with Crippen molar-refractivity contribution < 1.29 is 54.2 Å². The van der Waals surface area contributed by atoms with Gasteiger partial charge in [-0.2, -0.15) is 39.5 Å². The van der Waals surface area contributed by atoms with Crippen molar-refractivity contribution in [2.45, 2.75) is 24.1 Å². The molecule has 1 unspecified atom stereocenters. The molecule has 0 amide bonds. The molecular weight excluding hydrogens is 291 g/mol. The molecule has 0 radical (unpaired) electrons. The fraction of sp³-hybridized carbons (Fsp3) is 0.833. The molecule has 0 heterocycles. The summed E-state index contributed by atoms with van der Waals surface area (Å²) >= 11 is 0. The second-order valence-electron chi connectivity index (χ2n) is 2.89. The van der Waals surface area contributed by atoms with Crippen LogP contribution >= 0.6 is 0 Å². The van der Waals surface area contributed by atoms with E-state index in [1.54, 1.807) is 0 Å². The fourth-order valence-corrected chi connectivity index (χ4v) is 0.537. The van der Waals surface area contributed by atoms with Crippen LogP contribution in [0.3, 0.4) is 0 Å². The van der Waals surface area contributed by atoms with Gasteiger partial charge in [0.05, 0.1) is 0 Å². The number of halogens is 9. The van der Waals surface area contributed by atoms with Gasteiger partial charge in [-0.15, -0.1) is 0 Å². The lowest BCUT2D eigenvalue weighted by atomic mass is 10.3. The van der Waals surface area contributed by atoms with Crippen molar-refractivity contribution in [3.63, 3.8) is 0 Å². The third-order valence-corrected chi connectivity index (χ3v) is 1.51. The summed E-state index contributed by atoms with van der Waals surface area (Å²) in [6, 6.07) is 0. The van der Waals surface area contributed by atoms with Crippen molar-refractivity contribution >= 4 is 5.97 Å². The van der Waals surface area contributed by atoms with E-state index in [0.717, 1.165) is 0 Å². The third-order valence-electron chi connectivity index (χ3n) is 1.51. The van der Waals surface area contributed by atoms with E-state index in [1.165, 1.54) is 0 Å². The maximum atomic E-state index is 12.7. The van der Waals surface area contributed by atoms with Crippen LogP contribution in [0, 0.1) is 0 Å². The Hall–Kier alpha value is -1.20. The van der Waals surface area contributed by atoms with Gasteiger partial charge in [0.25, 0.3) is 0 Å². The zero-order chi connectivity index (χ0) is 15.0. The maximum Gasteiger partial charge on any atom is 0.460 e. The van der Waals surface area contributed by atoms with E-state index in [1.807, 2.05) is 0 Å². The van der Waals surface area contributed by atoms with Crippen LogP contribution in [0.4, 0.5) is 39.5 Å². The van der Waals surface area contributed by atoms with Crippen molar-refractivity contribution in [3.8, 4) is 0 Å². The van der Waals surface area contributed by atoms with E-state index >= 15 is 0 Å². The molecule has 0 bridgehead atoms. The van der Waals surface area contributed by atoms with E-state index < -0.39 is 36.7 Å². The smallest absolute Gasteiger partial charge is 0.460 e. The van der Waals surface area contributed by atoms with E-state index in [4.69, 9.17) is 5.11 Å². The van der Waals surface area contributed by atoms with Crippen LogP contribution in [0.1, 0.15) is 0 Å². The molecular formula is C6H3F9O3. The zero-order valence-corrected chi connectivity index (χ0v) is 7.87. The van der Waals surface area contributed by atoms with Gasteiger partial charge < -0.3 is 9.84 Å². The van der Waals surface area contributed by atoms with Gasteiger partial charge in [-0.05, 0) is 0 Å². The number of hydrogen-bond acceptors (Lipinski definition) is 2. The Morgan fingerprint density at radius 1 is 0.889 bits per heavy atom. The first kappa shape index (κ1) is 16.8. The van der Waals surface area contributed by atoms with E-state index in [2.05, 4.69) is 4.74 Å². The average molecular weight is 294 g/mol. The standard InChI is InChI=1S/C6H3F9O3/c7-3(8,5(10,11)12)1-18-4(9,2(16)17)6(13,14)15/h1H2,(H,16,17). The average Bonchev–Trinajstić information content (AvgIpc) is 2.10. The zero-order valence-electron chi connectivity index (χ0n) is 7.87. The van der Waals surface area contributed by atoms with E-state index in [0.29, 0.717) is 0 Å². The van der Waals surface area contributed by atoms with Gasteiger partial charge in [0.2, 0.25) is 0 Å². The fourth-order valence-electron chi connectivity index (χ4n) is 0.537. The van der Waals surface area contributed by atoms with Crippen molar-refractivity contribution in [1.82, 2.24) is 0 Å². The monoisotopic (exact) mass is 294 g/mol. The van der Waals surface area contributed by atoms with Crippen molar-refractivity contribution in [2.75, 3.05) is 6.61 Å². The van der Waals surface area contributed by atoms with Gasteiger partial charge in [0, 0.05) is 0 Å². The Morgan fingerprint density at radius 3 is 1.50 bits per heavy atom. The van der Waals surface area contributed by atoms with Gasteiger partial charge >= 0.3 is 30.1 Å². The number of ether oxygens (including phenoxy) is 1. The van der Waals surface area contributed by atoms with E-state index in [-0.39, 0.29) is 0 Å². The topological polar surface area (TPSA) is 46.5 Å². The molecule has 12 heteroatoms. The van der Waals surface area contributed by atoms with Gasteiger partial charge in [-0.25, -0.2) is 4.79 Å². The quantitative estimate of drug-likeness (QED) is 0.810. The second-order valence-corrected chi connectivity index (χ2v) is 2.89. The summed E-state index contributed by atoms with van der Waals surface area (Å²) in [6.07, 6.45) is -12.6. The largest absolute Gasteiger partial charge is 0.477 e. The molecule has 18 heavy (non-hydrogen) atoms. The molecule has 0 spiro atoms. The molecule has 0 fully saturated rings. The molecule has 0 aliphatic heterocycles. The first-order valence-corrected chi connectivity index (χ1v) is 3.72. The highest BCUT2D eigenvalue weighted by Crippen LogP contribution is 2.40. The van der Waals surface area contributed by atoms with E-state index in [9.17, 15) is 44.3 Å². The molecule has 0 aliphatic rings. The van der Waals surface area contributed by atoms with Crippen LogP contribution in [0.25, 0.3) is 0 Å². The van der Waals surface area contributed by atoms with Crippen LogP contribution in [-0.2, 0) is 9.53 Å². The molecule has 0 aromatic heterocycles. The summed E-state index contributed by atoms with van der Waals surface area (Å²) in [5.41, 5.74) is 0. The minimum Gasteiger partial charge on any atom is -0.477 e. The Morgan fingerprint density at radius 2 is 1.28 bits per heavy atom. The lowest BCUT2D eigenvalue weighted by Gasteiger charge is -2.26. The predicted molar refractivity (Wildman–Crippen MR) is 34.5 cm³/mol. The number of aliphatic carboxylic acids is 1. The minimum atomic E-state index is -6.32. The summed E-state index contributed by atoms with van der Waals surface area (Å²) in [6.45, 7) is -3.13. The lowest BCUT2D eigenvalue weighted by molar-refractivity contribution is -0.356. The number of carbonyl (C=O) groups is 1. The van der Waals surface area contributed by atoms with Crippen LogP contribution in [0.15, 0.2) is 0 Å². The third kappa shape index (κ3) is 3.17. The normalized spacial score (nSPS) is 17.4. The summed E-state index contributed by atoms with van der Waals surface area (Å²) in [7, 11) is 0. The number of carboxylic acids is 1. The van der Waals surface area contributed by atoms with Gasteiger partial charge in [0.15, 0.2) is 0 Å². The highest BCUT2D eigenvalue weighted by Gasteiger charge is 2.67. The summed E-state index contributed by atoms with van der Waals surface area (Å²) in [4.78, 5) is 9.89. The summed E-state index contributed by atoms with van der Waals surface area (Å²) < 4.78 is 110. The highest BCUT2D eigenvalue weighted by atomic mass is 19.4. The first-order chi connectivity index (χ1) is 7.65. The second kappa shape index (κ2) is 4.48. The molecule has 0 saturated heterocycles.